The Balaban J connectivity index is 1.62. The van der Waals surface area contributed by atoms with Gasteiger partial charge in [0.05, 0.1) is 16.3 Å². The molecule has 0 radical (unpaired) electrons. The minimum Gasteiger partial charge on any atom is -0.356 e. The van der Waals surface area contributed by atoms with Crippen LogP contribution in [-0.4, -0.2) is 48.4 Å². The highest BCUT2D eigenvalue weighted by Crippen LogP contribution is 2.44. The normalized spacial score (nSPS) is 24.6. The van der Waals surface area contributed by atoms with Gasteiger partial charge in [0.2, 0.25) is 11.8 Å². The maximum atomic E-state index is 13.9. The molecule has 1 atom stereocenters. The molecule has 0 aromatic carbocycles. The lowest BCUT2D eigenvalue weighted by molar-refractivity contribution is -0.122. The average molecular weight is 427 g/mol. The molecule has 0 spiro atoms. The summed E-state index contributed by atoms with van der Waals surface area (Å²) < 4.78 is 27.7. The molecule has 1 saturated carbocycles. The zero-order valence-electron chi connectivity index (χ0n) is 16.1. The van der Waals surface area contributed by atoms with Crippen molar-refractivity contribution in [2.45, 2.75) is 62.8 Å². The number of alkyl halides is 2. The molecular formula is C20H25ClF2N4O2. The van der Waals surface area contributed by atoms with Gasteiger partial charge in [-0.2, -0.15) is 0 Å². The Bertz CT molecular complexity index is 816. The number of rotatable bonds is 4. The molecule has 4 rings (SSSR count). The van der Waals surface area contributed by atoms with Gasteiger partial charge in [0.25, 0.3) is 5.91 Å². The van der Waals surface area contributed by atoms with Crippen molar-refractivity contribution in [2.24, 2.45) is 0 Å². The fraction of sp³-hybridized carbons (Fsp3) is 0.650. The Morgan fingerprint density at radius 1 is 1.28 bits per heavy atom. The molecular weight excluding hydrogens is 402 g/mol. The molecule has 6 nitrogen and oxygen atoms in total. The quantitative estimate of drug-likeness (QED) is 0.775. The number of hydrogen-bond donors (Lipinski definition) is 2. The van der Waals surface area contributed by atoms with Crippen molar-refractivity contribution >= 4 is 29.2 Å². The third kappa shape index (κ3) is 4.79. The predicted molar refractivity (Wildman–Crippen MR) is 106 cm³/mol. The molecule has 29 heavy (non-hydrogen) atoms. The summed E-state index contributed by atoms with van der Waals surface area (Å²) in [5.74, 6) is -2.47. The number of nitrogens with one attached hydrogen (secondary N) is 2. The van der Waals surface area contributed by atoms with Crippen LogP contribution in [0, 0.1) is 0 Å². The first-order valence-electron chi connectivity index (χ1n) is 10.2. The number of halogens is 3. The van der Waals surface area contributed by atoms with E-state index < -0.39 is 5.92 Å². The van der Waals surface area contributed by atoms with Gasteiger partial charge in [-0.1, -0.05) is 11.6 Å². The Kier molecular flexibility index (Phi) is 5.64. The number of carbonyl (C=O) groups excluding carboxylic acids is 2. The van der Waals surface area contributed by atoms with Crippen molar-refractivity contribution < 1.29 is 18.4 Å². The second-order valence-electron chi connectivity index (χ2n) is 8.21. The SMILES string of the molecule is O=C1CC(NC(=O)c2cc(Cl)c(C3CC3)nc2N2CCCC(F)(F)CC2)CCN1. The highest BCUT2D eigenvalue weighted by atomic mass is 35.5. The highest BCUT2D eigenvalue weighted by Gasteiger charge is 2.35. The van der Waals surface area contributed by atoms with Crippen LogP contribution in [-0.2, 0) is 4.79 Å². The van der Waals surface area contributed by atoms with Gasteiger partial charge in [-0.3, -0.25) is 9.59 Å². The smallest absolute Gasteiger partial charge is 0.255 e. The molecule has 1 unspecified atom stereocenters. The number of piperidine rings is 1. The lowest BCUT2D eigenvalue weighted by Crippen LogP contribution is -2.45. The van der Waals surface area contributed by atoms with E-state index in [-0.39, 0.29) is 55.1 Å². The molecule has 2 N–H and O–H groups in total. The van der Waals surface area contributed by atoms with Crippen LogP contribution >= 0.6 is 11.6 Å². The van der Waals surface area contributed by atoms with Gasteiger partial charge < -0.3 is 15.5 Å². The van der Waals surface area contributed by atoms with Crippen molar-refractivity contribution in [2.75, 3.05) is 24.5 Å². The van der Waals surface area contributed by atoms with Gasteiger partial charge >= 0.3 is 0 Å². The van der Waals surface area contributed by atoms with E-state index in [1.807, 2.05) is 0 Å². The Labute approximate surface area is 173 Å². The van der Waals surface area contributed by atoms with E-state index in [0.29, 0.717) is 36.8 Å². The van der Waals surface area contributed by atoms with Crippen LogP contribution in [0.3, 0.4) is 0 Å². The molecule has 9 heteroatoms. The minimum atomic E-state index is -2.70. The summed E-state index contributed by atoms with van der Waals surface area (Å²) in [5.41, 5.74) is 1.03. The number of hydrogen-bond acceptors (Lipinski definition) is 4. The van der Waals surface area contributed by atoms with E-state index in [1.54, 1.807) is 11.0 Å². The average Bonchev–Trinajstić information content (AvgIpc) is 3.50. The van der Waals surface area contributed by atoms with Crippen molar-refractivity contribution in [3.63, 3.8) is 0 Å². The number of nitrogens with zero attached hydrogens (tertiary/aromatic N) is 2. The summed E-state index contributed by atoms with van der Waals surface area (Å²) in [6, 6.07) is 1.35. The second kappa shape index (κ2) is 8.05. The van der Waals surface area contributed by atoms with Gasteiger partial charge in [-0.05, 0) is 31.7 Å². The Hall–Kier alpha value is -1.96. The molecule has 158 valence electrons. The number of carbonyl (C=O) groups is 2. The largest absolute Gasteiger partial charge is 0.356 e. The van der Waals surface area contributed by atoms with Gasteiger partial charge in [0.15, 0.2) is 0 Å². The first kappa shape index (κ1) is 20.3. The van der Waals surface area contributed by atoms with Crippen LogP contribution in [0.1, 0.15) is 66.9 Å². The molecule has 0 bridgehead atoms. The number of aromatic nitrogens is 1. The van der Waals surface area contributed by atoms with Crippen LogP contribution in [0.5, 0.6) is 0 Å². The number of amides is 2. The van der Waals surface area contributed by atoms with E-state index in [1.165, 1.54) is 0 Å². The highest BCUT2D eigenvalue weighted by molar-refractivity contribution is 6.31. The molecule has 2 saturated heterocycles. The third-order valence-corrected chi connectivity index (χ3v) is 6.09. The lowest BCUT2D eigenvalue weighted by atomic mass is 10.1. The maximum Gasteiger partial charge on any atom is 0.255 e. The van der Waals surface area contributed by atoms with Gasteiger partial charge in [-0.15, -0.1) is 0 Å². The van der Waals surface area contributed by atoms with E-state index >= 15 is 0 Å². The maximum absolute atomic E-state index is 13.9. The van der Waals surface area contributed by atoms with Crippen LogP contribution in [0.25, 0.3) is 0 Å². The summed E-state index contributed by atoms with van der Waals surface area (Å²) in [4.78, 5) is 31.1. The standard InChI is InChI=1S/C20H25ClF2N4O2/c21-15-11-14(19(29)25-13-4-7-24-16(28)10-13)18(26-17(15)12-2-3-12)27-8-1-5-20(22,23)6-9-27/h11-13H,1-10H2,(H,24,28)(H,25,29). The fourth-order valence-corrected chi connectivity index (χ4v) is 4.30. The predicted octanol–water partition coefficient (Wildman–Crippen LogP) is 3.25. The van der Waals surface area contributed by atoms with Gasteiger partial charge in [0.1, 0.15) is 5.82 Å². The van der Waals surface area contributed by atoms with Gasteiger partial charge in [0, 0.05) is 50.9 Å². The van der Waals surface area contributed by atoms with E-state index in [9.17, 15) is 18.4 Å². The van der Waals surface area contributed by atoms with Crippen molar-refractivity contribution in [1.29, 1.82) is 0 Å². The van der Waals surface area contributed by atoms with E-state index in [0.717, 1.165) is 18.5 Å². The molecule has 1 aliphatic carbocycles. The van der Waals surface area contributed by atoms with Crippen LogP contribution in [0.2, 0.25) is 5.02 Å². The molecule has 2 amide bonds. The molecule has 1 aromatic heterocycles. The van der Waals surface area contributed by atoms with Crippen molar-refractivity contribution in [1.82, 2.24) is 15.6 Å². The van der Waals surface area contributed by atoms with Gasteiger partial charge in [-0.25, -0.2) is 13.8 Å². The fourth-order valence-electron chi connectivity index (χ4n) is 3.99. The second-order valence-corrected chi connectivity index (χ2v) is 8.62. The monoisotopic (exact) mass is 426 g/mol. The van der Waals surface area contributed by atoms with E-state index in [2.05, 4.69) is 15.6 Å². The Morgan fingerprint density at radius 2 is 2.07 bits per heavy atom. The molecule has 3 fully saturated rings. The topological polar surface area (TPSA) is 74.3 Å². The summed E-state index contributed by atoms with van der Waals surface area (Å²) in [6.45, 7) is 1.07. The van der Waals surface area contributed by atoms with E-state index in [4.69, 9.17) is 11.6 Å². The molecule has 3 aliphatic rings. The summed E-state index contributed by atoms with van der Waals surface area (Å²) >= 11 is 6.42. The summed E-state index contributed by atoms with van der Waals surface area (Å²) in [7, 11) is 0. The number of anilines is 1. The van der Waals surface area contributed by atoms with Crippen molar-refractivity contribution in [3.05, 3.63) is 22.3 Å². The Morgan fingerprint density at radius 3 is 2.79 bits per heavy atom. The van der Waals surface area contributed by atoms with Crippen LogP contribution in [0.4, 0.5) is 14.6 Å². The molecule has 3 heterocycles. The molecule has 1 aromatic rings. The zero-order chi connectivity index (χ0) is 20.6. The first-order valence-corrected chi connectivity index (χ1v) is 10.6. The summed E-state index contributed by atoms with van der Waals surface area (Å²) in [6.07, 6.45) is 2.76. The third-order valence-electron chi connectivity index (χ3n) is 5.79. The van der Waals surface area contributed by atoms with Crippen molar-refractivity contribution in [3.8, 4) is 0 Å². The minimum absolute atomic E-state index is 0.100. The number of pyridine rings is 1. The zero-order valence-corrected chi connectivity index (χ0v) is 16.9. The summed E-state index contributed by atoms with van der Waals surface area (Å²) in [5, 5.41) is 6.06. The lowest BCUT2D eigenvalue weighted by Gasteiger charge is -2.27. The molecule has 2 aliphatic heterocycles. The van der Waals surface area contributed by atoms with Crippen LogP contribution < -0.4 is 15.5 Å². The first-order chi connectivity index (χ1) is 13.8. The van der Waals surface area contributed by atoms with Crippen LogP contribution in [0.15, 0.2) is 6.07 Å².